The Morgan fingerprint density at radius 1 is 1.07 bits per heavy atom. The van der Waals surface area contributed by atoms with Crippen LogP contribution < -0.4 is 5.32 Å². The van der Waals surface area contributed by atoms with Crippen molar-refractivity contribution in [1.29, 1.82) is 0 Å². The summed E-state index contributed by atoms with van der Waals surface area (Å²) >= 11 is 0. The third-order valence-electron chi connectivity index (χ3n) is 2.81. The van der Waals surface area contributed by atoms with Crippen LogP contribution >= 0.6 is 0 Å². The minimum atomic E-state index is 0.118. The monoisotopic (exact) mass is 211 g/mol. The molecule has 1 N–H and O–H groups in total. The van der Waals surface area contributed by atoms with Gasteiger partial charge in [-0.15, -0.1) is 0 Å². The number of allylic oxidation sites excluding steroid dienone is 1. The van der Waals surface area contributed by atoms with Crippen LogP contribution in [0.15, 0.2) is 12.3 Å². The first-order chi connectivity index (χ1) is 6.95. The van der Waals surface area contributed by atoms with Crippen LogP contribution in [0.2, 0.25) is 0 Å². The van der Waals surface area contributed by atoms with Crippen molar-refractivity contribution in [2.75, 3.05) is 0 Å². The van der Waals surface area contributed by atoms with Gasteiger partial charge in [-0.3, -0.25) is 4.79 Å². The summed E-state index contributed by atoms with van der Waals surface area (Å²) in [6, 6.07) is 0. The molecular formula is C13H25NO. The molecule has 0 spiro atoms. The predicted molar refractivity (Wildman–Crippen MR) is 65.3 cm³/mol. The summed E-state index contributed by atoms with van der Waals surface area (Å²) in [5, 5.41) is 2.85. The summed E-state index contributed by atoms with van der Waals surface area (Å²) < 4.78 is 0. The molecule has 2 nitrogen and oxygen atoms in total. The number of hydrogen-bond acceptors (Lipinski definition) is 1. The molecule has 1 amide bonds. The molecule has 1 saturated heterocycles. The topological polar surface area (TPSA) is 29.1 Å². The van der Waals surface area contributed by atoms with Gasteiger partial charge in [-0.1, -0.05) is 48.1 Å². The summed E-state index contributed by atoms with van der Waals surface area (Å²) in [5.74, 6) is 1.46. The summed E-state index contributed by atoms with van der Waals surface area (Å²) in [7, 11) is 0. The number of hydrogen-bond donors (Lipinski definition) is 1. The highest BCUT2D eigenvalue weighted by Gasteiger charge is 2.40. The Kier molecular flexibility index (Phi) is 5.63. The molecule has 1 aliphatic rings. The lowest BCUT2D eigenvalue weighted by Gasteiger charge is -2.23. The van der Waals surface area contributed by atoms with Crippen molar-refractivity contribution in [1.82, 2.24) is 5.32 Å². The third kappa shape index (κ3) is 3.08. The Morgan fingerprint density at radius 2 is 1.47 bits per heavy atom. The van der Waals surface area contributed by atoms with E-state index in [4.69, 9.17) is 0 Å². The van der Waals surface area contributed by atoms with E-state index in [1.807, 2.05) is 13.8 Å². The van der Waals surface area contributed by atoms with Gasteiger partial charge in [0.2, 0.25) is 5.91 Å². The van der Waals surface area contributed by atoms with Gasteiger partial charge in [-0.25, -0.2) is 0 Å². The van der Waals surface area contributed by atoms with E-state index in [2.05, 4.69) is 39.6 Å². The van der Waals surface area contributed by atoms with E-state index < -0.39 is 0 Å². The second-order valence-electron chi connectivity index (χ2n) is 4.55. The van der Waals surface area contributed by atoms with Gasteiger partial charge >= 0.3 is 0 Å². The average molecular weight is 211 g/mol. The highest BCUT2D eigenvalue weighted by molar-refractivity contribution is 5.84. The van der Waals surface area contributed by atoms with Crippen LogP contribution in [0.5, 0.6) is 0 Å². The Balaban J connectivity index is 0.000000921. The van der Waals surface area contributed by atoms with Gasteiger partial charge in [-0.05, 0) is 11.8 Å². The second-order valence-corrected chi connectivity index (χ2v) is 4.55. The number of carbonyl (C=O) groups excluding carboxylic acids is 1. The molecule has 0 radical (unpaired) electrons. The number of amides is 1. The van der Waals surface area contributed by atoms with Gasteiger partial charge in [0.25, 0.3) is 0 Å². The zero-order valence-corrected chi connectivity index (χ0v) is 10.9. The zero-order chi connectivity index (χ0) is 12.2. The Morgan fingerprint density at radius 3 is 1.73 bits per heavy atom. The largest absolute Gasteiger partial charge is 0.330 e. The molecule has 2 unspecified atom stereocenters. The maximum Gasteiger partial charge on any atom is 0.228 e. The maximum absolute atomic E-state index is 11.6. The van der Waals surface area contributed by atoms with Gasteiger partial charge in [-0.2, -0.15) is 0 Å². The van der Waals surface area contributed by atoms with Crippen molar-refractivity contribution in [3.8, 4) is 0 Å². The maximum atomic E-state index is 11.6. The van der Waals surface area contributed by atoms with Crippen LogP contribution in [-0.4, -0.2) is 5.91 Å². The van der Waals surface area contributed by atoms with Crippen molar-refractivity contribution in [2.45, 2.75) is 41.5 Å². The highest BCUT2D eigenvalue weighted by atomic mass is 16.2. The van der Waals surface area contributed by atoms with E-state index in [0.29, 0.717) is 17.8 Å². The molecule has 0 aromatic heterocycles. The predicted octanol–water partition coefficient (Wildman–Crippen LogP) is 3.20. The van der Waals surface area contributed by atoms with E-state index in [1.54, 1.807) is 0 Å². The molecular weight excluding hydrogens is 186 g/mol. The molecule has 0 saturated carbocycles. The molecule has 0 bridgehead atoms. The molecule has 0 aliphatic carbocycles. The normalized spacial score (nSPS) is 25.3. The SMILES string of the molecule is C=C1NC(=O)C(C(C)C)C1C(C)C.CC. The van der Waals surface area contributed by atoms with E-state index in [0.717, 1.165) is 5.70 Å². The zero-order valence-electron chi connectivity index (χ0n) is 10.9. The molecule has 2 heteroatoms. The minimum Gasteiger partial charge on any atom is -0.330 e. The van der Waals surface area contributed by atoms with E-state index in [1.165, 1.54) is 0 Å². The first-order valence-electron chi connectivity index (χ1n) is 5.94. The quantitative estimate of drug-likeness (QED) is 0.746. The fraction of sp³-hybridized carbons (Fsp3) is 0.769. The Hall–Kier alpha value is -0.790. The number of rotatable bonds is 2. The first-order valence-corrected chi connectivity index (χ1v) is 5.94. The Bertz CT molecular complexity index is 207. The molecule has 15 heavy (non-hydrogen) atoms. The standard InChI is InChI=1S/C11H19NO.C2H6/c1-6(2)9-8(5)12-11(13)10(9)7(3)4;1-2/h6-7,9-10H,5H2,1-4H3,(H,12,13);1-2H3. The summed E-state index contributed by atoms with van der Waals surface area (Å²) in [6.07, 6.45) is 0. The van der Waals surface area contributed by atoms with Crippen LogP contribution in [0, 0.1) is 23.7 Å². The fourth-order valence-corrected chi connectivity index (χ4v) is 2.24. The van der Waals surface area contributed by atoms with Gasteiger partial charge < -0.3 is 5.32 Å². The fourth-order valence-electron chi connectivity index (χ4n) is 2.24. The lowest BCUT2D eigenvalue weighted by Crippen LogP contribution is -2.26. The molecule has 88 valence electrons. The van der Waals surface area contributed by atoms with Gasteiger partial charge in [0.05, 0.1) is 0 Å². The lowest BCUT2D eigenvalue weighted by molar-refractivity contribution is -0.124. The first kappa shape index (κ1) is 14.2. The van der Waals surface area contributed by atoms with Crippen molar-refractivity contribution >= 4 is 5.91 Å². The molecule has 2 atom stereocenters. The van der Waals surface area contributed by atoms with Crippen LogP contribution in [0.25, 0.3) is 0 Å². The van der Waals surface area contributed by atoms with Crippen molar-refractivity contribution in [3.05, 3.63) is 12.3 Å². The van der Waals surface area contributed by atoms with Crippen molar-refractivity contribution < 1.29 is 4.79 Å². The summed E-state index contributed by atoms with van der Waals surface area (Å²) in [5.41, 5.74) is 0.902. The van der Waals surface area contributed by atoms with E-state index in [-0.39, 0.29) is 11.8 Å². The minimum absolute atomic E-state index is 0.118. The molecule has 1 rings (SSSR count). The second kappa shape index (κ2) is 5.94. The summed E-state index contributed by atoms with van der Waals surface area (Å²) in [6.45, 7) is 16.4. The van der Waals surface area contributed by atoms with Crippen LogP contribution in [0.1, 0.15) is 41.5 Å². The number of nitrogens with one attached hydrogen (secondary N) is 1. The number of carbonyl (C=O) groups is 1. The van der Waals surface area contributed by atoms with Gasteiger partial charge in [0.1, 0.15) is 0 Å². The van der Waals surface area contributed by atoms with Crippen molar-refractivity contribution in [2.24, 2.45) is 23.7 Å². The lowest BCUT2D eigenvalue weighted by atomic mass is 9.78. The molecule has 1 heterocycles. The molecule has 1 fully saturated rings. The van der Waals surface area contributed by atoms with Crippen molar-refractivity contribution in [3.63, 3.8) is 0 Å². The average Bonchev–Trinajstić information content (AvgIpc) is 2.44. The Labute approximate surface area is 94.1 Å². The highest BCUT2D eigenvalue weighted by Crippen LogP contribution is 2.36. The smallest absolute Gasteiger partial charge is 0.228 e. The van der Waals surface area contributed by atoms with Crippen LogP contribution in [0.4, 0.5) is 0 Å². The summed E-state index contributed by atoms with van der Waals surface area (Å²) in [4.78, 5) is 11.6. The van der Waals surface area contributed by atoms with Crippen LogP contribution in [-0.2, 0) is 4.79 Å². The molecule has 0 aromatic rings. The van der Waals surface area contributed by atoms with E-state index in [9.17, 15) is 4.79 Å². The molecule has 0 aromatic carbocycles. The van der Waals surface area contributed by atoms with Crippen LogP contribution in [0.3, 0.4) is 0 Å². The molecule has 1 aliphatic heterocycles. The third-order valence-corrected chi connectivity index (χ3v) is 2.81. The van der Waals surface area contributed by atoms with Gasteiger partial charge in [0, 0.05) is 17.5 Å². The van der Waals surface area contributed by atoms with E-state index >= 15 is 0 Å². The van der Waals surface area contributed by atoms with Gasteiger partial charge in [0.15, 0.2) is 0 Å².